The molecule has 2 aliphatic carbocycles. The number of hydrogen-bond donors (Lipinski definition) is 0. The molecule has 1 aromatic rings. The zero-order valence-electron chi connectivity index (χ0n) is 10.1. The van der Waals surface area contributed by atoms with Gasteiger partial charge >= 0.3 is 0 Å². The van der Waals surface area contributed by atoms with Crippen molar-refractivity contribution in [2.45, 2.75) is 31.6 Å². The Balaban J connectivity index is 2.18. The molecule has 0 bridgehead atoms. The lowest BCUT2D eigenvalue weighted by Crippen LogP contribution is -2.42. The Hall–Kier alpha value is -0.960. The van der Waals surface area contributed by atoms with Gasteiger partial charge in [0.25, 0.3) is 0 Å². The van der Waals surface area contributed by atoms with Gasteiger partial charge in [0.1, 0.15) is 0 Å². The standard InChI is InChI=1S/C15H15BrO2/c16-9-13(17)15-8-4-3-7-12(15)10-5-1-2-6-11(10)14(15)18/h1-2,5-6,12H,3-4,7-9H2. The molecule has 0 radical (unpaired) electrons. The quantitative estimate of drug-likeness (QED) is 0.619. The third-order valence-corrected chi connectivity index (χ3v) is 5.02. The normalized spacial score (nSPS) is 29.8. The second kappa shape index (κ2) is 4.30. The predicted octanol–water partition coefficient (Wildman–Crippen LogP) is 3.49. The number of halogens is 1. The first-order valence-corrected chi connectivity index (χ1v) is 7.57. The van der Waals surface area contributed by atoms with E-state index >= 15 is 0 Å². The van der Waals surface area contributed by atoms with Crippen molar-refractivity contribution >= 4 is 27.5 Å². The number of alkyl halides is 1. The van der Waals surface area contributed by atoms with Crippen LogP contribution in [0.25, 0.3) is 0 Å². The second-order valence-corrected chi connectivity index (χ2v) is 5.80. The van der Waals surface area contributed by atoms with Crippen molar-refractivity contribution in [1.29, 1.82) is 0 Å². The van der Waals surface area contributed by atoms with Crippen LogP contribution in [0.2, 0.25) is 0 Å². The highest BCUT2D eigenvalue weighted by molar-refractivity contribution is 9.09. The SMILES string of the molecule is O=C(CBr)C12CCCCC1c1ccccc1C2=O. The van der Waals surface area contributed by atoms with Gasteiger partial charge in [-0.15, -0.1) is 0 Å². The van der Waals surface area contributed by atoms with Gasteiger partial charge in [0.2, 0.25) is 0 Å². The molecule has 94 valence electrons. The fourth-order valence-corrected chi connectivity index (χ4v) is 4.19. The van der Waals surface area contributed by atoms with Gasteiger partial charge in [-0.2, -0.15) is 0 Å². The first-order valence-electron chi connectivity index (χ1n) is 6.45. The Labute approximate surface area is 115 Å². The van der Waals surface area contributed by atoms with E-state index < -0.39 is 5.41 Å². The average Bonchev–Trinajstić information content (AvgIpc) is 2.70. The van der Waals surface area contributed by atoms with Gasteiger partial charge in [-0.05, 0) is 18.4 Å². The summed E-state index contributed by atoms with van der Waals surface area (Å²) in [7, 11) is 0. The van der Waals surface area contributed by atoms with Crippen molar-refractivity contribution in [1.82, 2.24) is 0 Å². The van der Waals surface area contributed by atoms with E-state index in [1.807, 2.05) is 24.3 Å². The molecular weight excluding hydrogens is 292 g/mol. The second-order valence-electron chi connectivity index (χ2n) is 5.24. The molecule has 0 amide bonds. The first-order chi connectivity index (χ1) is 8.71. The largest absolute Gasteiger partial charge is 0.298 e. The first kappa shape index (κ1) is 12.1. The van der Waals surface area contributed by atoms with Gasteiger partial charge in [0.15, 0.2) is 11.6 Å². The highest BCUT2D eigenvalue weighted by atomic mass is 79.9. The number of benzene rings is 1. The van der Waals surface area contributed by atoms with Crippen LogP contribution in [0.3, 0.4) is 0 Å². The Morgan fingerprint density at radius 3 is 2.89 bits per heavy atom. The van der Waals surface area contributed by atoms with Crippen molar-refractivity contribution in [2.75, 3.05) is 5.33 Å². The van der Waals surface area contributed by atoms with Crippen LogP contribution in [-0.4, -0.2) is 16.9 Å². The minimum absolute atomic E-state index is 0.0623. The van der Waals surface area contributed by atoms with Gasteiger partial charge in [-0.3, -0.25) is 9.59 Å². The van der Waals surface area contributed by atoms with Crippen LogP contribution in [0.15, 0.2) is 24.3 Å². The van der Waals surface area contributed by atoms with Crippen LogP contribution in [0.1, 0.15) is 47.5 Å². The number of ketones is 2. The molecule has 2 nitrogen and oxygen atoms in total. The van der Waals surface area contributed by atoms with E-state index in [0.717, 1.165) is 36.8 Å². The van der Waals surface area contributed by atoms with Gasteiger partial charge in [0.05, 0.1) is 10.7 Å². The van der Waals surface area contributed by atoms with E-state index in [4.69, 9.17) is 0 Å². The van der Waals surface area contributed by atoms with Gasteiger partial charge in [0, 0.05) is 11.5 Å². The molecule has 0 N–H and O–H groups in total. The molecule has 3 heteroatoms. The van der Waals surface area contributed by atoms with Crippen molar-refractivity contribution in [3.8, 4) is 0 Å². The molecule has 1 saturated carbocycles. The van der Waals surface area contributed by atoms with Crippen LogP contribution in [0, 0.1) is 5.41 Å². The van der Waals surface area contributed by atoms with Crippen molar-refractivity contribution in [3.05, 3.63) is 35.4 Å². The van der Waals surface area contributed by atoms with E-state index in [-0.39, 0.29) is 22.8 Å². The Morgan fingerprint density at radius 1 is 1.33 bits per heavy atom. The summed E-state index contributed by atoms with van der Waals surface area (Å²) in [6, 6.07) is 7.75. The highest BCUT2D eigenvalue weighted by Gasteiger charge is 2.57. The third-order valence-electron chi connectivity index (χ3n) is 4.51. The van der Waals surface area contributed by atoms with Crippen molar-refractivity contribution in [3.63, 3.8) is 0 Å². The summed E-state index contributed by atoms with van der Waals surface area (Å²) in [6.07, 6.45) is 3.77. The zero-order chi connectivity index (χ0) is 12.8. The smallest absolute Gasteiger partial charge is 0.177 e. The summed E-state index contributed by atoms with van der Waals surface area (Å²) < 4.78 is 0. The molecule has 0 spiro atoms. The van der Waals surface area contributed by atoms with Crippen LogP contribution >= 0.6 is 15.9 Å². The molecule has 2 aliphatic rings. The van der Waals surface area contributed by atoms with E-state index in [1.54, 1.807) is 0 Å². The van der Waals surface area contributed by atoms with Crippen LogP contribution in [0.5, 0.6) is 0 Å². The molecular formula is C15H15BrO2. The molecule has 1 fully saturated rings. The van der Waals surface area contributed by atoms with Crippen LogP contribution in [0.4, 0.5) is 0 Å². The number of rotatable bonds is 2. The zero-order valence-corrected chi connectivity index (χ0v) is 11.7. The Morgan fingerprint density at radius 2 is 2.11 bits per heavy atom. The number of Topliss-reactive ketones (excluding diaryl/α,β-unsaturated/α-hetero) is 2. The van der Waals surface area contributed by atoms with E-state index in [9.17, 15) is 9.59 Å². The lowest BCUT2D eigenvalue weighted by atomic mass is 9.64. The maximum absolute atomic E-state index is 12.7. The third kappa shape index (κ3) is 1.40. The summed E-state index contributed by atoms with van der Waals surface area (Å²) >= 11 is 3.25. The molecule has 1 aromatic carbocycles. The fraction of sp³-hybridized carbons (Fsp3) is 0.467. The fourth-order valence-electron chi connectivity index (χ4n) is 3.69. The summed E-state index contributed by atoms with van der Waals surface area (Å²) in [5.74, 6) is 0.237. The van der Waals surface area contributed by atoms with Crippen molar-refractivity contribution in [2.24, 2.45) is 5.41 Å². The Kier molecular flexibility index (Phi) is 2.89. The lowest BCUT2D eigenvalue weighted by Gasteiger charge is -2.36. The molecule has 0 aromatic heterocycles. The number of carbonyl (C=O) groups excluding carboxylic acids is 2. The number of fused-ring (bicyclic) bond motifs is 3. The maximum atomic E-state index is 12.7. The van der Waals surface area contributed by atoms with Gasteiger partial charge in [-0.25, -0.2) is 0 Å². The van der Waals surface area contributed by atoms with E-state index in [0.29, 0.717) is 0 Å². The molecule has 2 atom stereocenters. The Bertz CT molecular complexity index is 523. The predicted molar refractivity (Wildman–Crippen MR) is 73.2 cm³/mol. The summed E-state index contributed by atoms with van der Waals surface area (Å²) in [5, 5.41) is 0.281. The molecule has 0 saturated heterocycles. The average molecular weight is 307 g/mol. The van der Waals surface area contributed by atoms with E-state index in [2.05, 4.69) is 15.9 Å². The number of carbonyl (C=O) groups is 2. The van der Waals surface area contributed by atoms with E-state index in [1.165, 1.54) is 0 Å². The topological polar surface area (TPSA) is 34.1 Å². The molecule has 18 heavy (non-hydrogen) atoms. The minimum atomic E-state index is -0.758. The molecule has 3 rings (SSSR count). The van der Waals surface area contributed by atoms with Gasteiger partial charge in [-0.1, -0.05) is 53.0 Å². The minimum Gasteiger partial charge on any atom is -0.298 e. The van der Waals surface area contributed by atoms with Gasteiger partial charge < -0.3 is 0 Å². The maximum Gasteiger partial charge on any atom is 0.177 e. The van der Waals surface area contributed by atoms with Crippen molar-refractivity contribution < 1.29 is 9.59 Å². The summed E-state index contributed by atoms with van der Waals surface area (Å²) in [4.78, 5) is 25.1. The summed E-state index contributed by atoms with van der Waals surface area (Å²) in [6.45, 7) is 0. The van der Waals surface area contributed by atoms with Crippen LogP contribution < -0.4 is 0 Å². The molecule has 0 heterocycles. The summed E-state index contributed by atoms with van der Waals surface area (Å²) in [5.41, 5.74) is 1.11. The molecule has 2 unspecified atom stereocenters. The number of hydrogen-bond acceptors (Lipinski definition) is 2. The lowest BCUT2D eigenvalue weighted by molar-refractivity contribution is -0.125. The monoisotopic (exact) mass is 306 g/mol. The van der Waals surface area contributed by atoms with Crippen LogP contribution in [-0.2, 0) is 4.79 Å². The molecule has 0 aliphatic heterocycles. The highest BCUT2D eigenvalue weighted by Crippen LogP contribution is 2.55.